The molecule has 1 N–H and O–H groups in total. The zero-order valence-electron chi connectivity index (χ0n) is 11.9. The summed E-state index contributed by atoms with van der Waals surface area (Å²) in [4.78, 5) is 2.87. The van der Waals surface area contributed by atoms with Crippen molar-refractivity contribution in [1.82, 2.24) is 0 Å². The van der Waals surface area contributed by atoms with E-state index in [4.69, 9.17) is 5.53 Å². The maximum absolute atomic E-state index is 10.3. The fraction of sp³-hybridized carbons (Fsp3) is 0.625. The second kappa shape index (κ2) is 7.93. The highest BCUT2D eigenvalue weighted by atomic mass is 16.3. The SMILES string of the molecule is [N-]=[N+]=N[C@H]1CC[C@H](C(O)CCCc2ccccc2)CC1. The van der Waals surface area contributed by atoms with Crippen molar-refractivity contribution in [1.29, 1.82) is 0 Å². The van der Waals surface area contributed by atoms with Crippen LogP contribution in [0.25, 0.3) is 10.4 Å². The van der Waals surface area contributed by atoms with Gasteiger partial charge in [0.05, 0.1) is 6.10 Å². The highest BCUT2D eigenvalue weighted by Gasteiger charge is 2.25. The number of benzene rings is 1. The van der Waals surface area contributed by atoms with Crippen LogP contribution in [0.3, 0.4) is 0 Å². The van der Waals surface area contributed by atoms with Crippen molar-refractivity contribution in [3.05, 3.63) is 46.3 Å². The predicted octanol–water partition coefficient (Wildman–Crippen LogP) is 4.24. The van der Waals surface area contributed by atoms with E-state index in [1.807, 2.05) is 6.07 Å². The first-order valence-corrected chi connectivity index (χ1v) is 7.56. The van der Waals surface area contributed by atoms with E-state index in [0.29, 0.717) is 5.92 Å². The molecule has 4 heteroatoms. The van der Waals surface area contributed by atoms with Gasteiger partial charge in [0.1, 0.15) is 0 Å². The molecule has 0 amide bonds. The highest BCUT2D eigenvalue weighted by molar-refractivity contribution is 5.14. The molecule has 1 atom stereocenters. The average Bonchev–Trinajstić information content (AvgIpc) is 2.49. The van der Waals surface area contributed by atoms with Crippen LogP contribution in [0.2, 0.25) is 0 Å². The van der Waals surface area contributed by atoms with Crippen molar-refractivity contribution in [2.24, 2.45) is 11.0 Å². The Hall–Kier alpha value is -1.51. The molecule has 0 spiro atoms. The van der Waals surface area contributed by atoms with Gasteiger partial charge in [0.15, 0.2) is 0 Å². The molecule has 0 aromatic heterocycles. The van der Waals surface area contributed by atoms with E-state index in [-0.39, 0.29) is 12.1 Å². The Morgan fingerprint density at radius 3 is 2.55 bits per heavy atom. The van der Waals surface area contributed by atoms with E-state index < -0.39 is 0 Å². The van der Waals surface area contributed by atoms with Crippen molar-refractivity contribution in [3.63, 3.8) is 0 Å². The second-order valence-corrected chi connectivity index (χ2v) is 5.72. The Labute approximate surface area is 120 Å². The lowest BCUT2D eigenvalue weighted by Crippen LogP contribution is -2.27. The van der Waals surface area contributed by atoms with Crippen LogP contribution in [0.5, 0.6) is 0 Å². The quantitative estimate of drug-likeness (QED) is 0.470. The number of aliphatic hydroxyl groups is 1. The summed E-state index contributed by atoms with van der Waals surface area (Å²) in [7, 11) is 0. The molecule has 0 bridgehead atoms. The summed E-state index contributed by atoms with van der Waals surface area (Å²) < 4.78 is 0. The molecule has 0 radical (unpaired) electrons. The van der Waals surface area contributed by atoms with E-state index in [0.717, 1.165) is 44.9 Å². The van der Waals surface area contributed by atoms with Crippen molar-refractivity contribution in [2.45, 2.75) is 57.1 Å². The Morgan fingerprint density at radius 2 is 1.90 bits per heavy atom. The van der Waals surface area contributed by atoms with E-state index in [2.05, 4.69) is 34.3 Å². The van der Waals surface area contributed by atoms with E-state index in [1.54, 1.807) is 0 Å². The number of hydrogen-bond acceptors (Lipinski definition) is 2. The third kappa shape index (κ3) is 4.55. The molecule has 0 saturated heterocycles. The van der Waals surface area contributed by atoms with Gasteiger partial charge >= 0.3 is 0 Å². The number of aryl methyl sites for hydroxylation is 1. The van der Waals surface area contributed by atoms with E-state index in [9.17, 15) is 5.11 Å². The molecule has 1 aliphatic rings. The Bertz CT molecular complexity index is 434. The molecule has 1 unspecified atom stereocenters. The normalized spacial score (nSPS) is 23.9. The minimum absolute atomic E-state index is 0.146. The second-order valence-electron chi connectivity index (χ2n) is 5.72. The smallest absolute Gasteiger partial charge is 0.0568 e. The standard InChI is InChI=1S/C16H23N3O/c17-19-18-15-11-9-14(10-12-15)16(20)8-4-7-13-5-2-1-3-6-13/h1-3,5-6,14-16,20H,4,7-12H2/t14-,15-,16?. The first-order valence-electron chi connectivity index (χ1n) is 7.56. The Morgan fingerprint density at radius 1 is 1.20 bits per heavy atom. The minimum Gasteiger partial charge on any atom is -0.393 e. The molecule has 0 heterocycles. The minimum atomic E-state index is -0.203. The molecule has 4 nitrogen and oxygen atoms in total. The summed E-state index contributed by atoms with van der Waals surface area (Å²) in [6, 6.07) is 10.6. The number of aliphatic hydroxyl groups excluding tert-OH is 1. The Kier molecular flexibility index (Phi) is 5.90. The molecule has 1 aromatic carbocycles. The molecule has 2 rings (SSSR count). The fourth-order valence-electron chi connectivity index (χ4n) is 3.07. The molecular weight excluding hydrogens is 250 g/mol. The van der Waals surface area contributed by atoms with Gasteiger partial charge in [-0.25, -0.2) is 0 Å². The highest BCUT2D eigenvalue weighted by Crippen LogP contribution is 2.30. The summed E-state index contributed by atoms with van der Waals surface area (Å²) in [6.07, 6.45) is 6.53. The van der Waals surface area contributed by atoms with Crippen LogP contribution in [0.1, 0.15) is 44.1 Å². The molecule has 1 aromatic rings. The summed E-state index contributed by atoms with van der Waals surface area (Å²) >= 11 is 0. The van der Waals surface area contributed by atoms with Gasteiger partial charge in [-0.3, -0.25) is 0 Å². The first kappa shape index (κ1) is 14.9. The molecule has 1 fully saturated rings. The van der Waals surface area contributed by atoms with Gasteiger partial charge in [0.2, 0.25) is 0 Å². The van der Waals surface area contributed by atoms with Crippen LogP contribution < -0.4 is 0 Å². The average molecular weight is 273 g/mol. The van der Waals surface area contributed by atoms with E-state index >= 15 is 0 Å². The lowest BCUT2D eigenvalue weighted by molar-refractivity contribution is 0.0724. The van der Waals surface area contributed by atoms with Crippen LogP contribution in [0.4, 0.5) is 0 Å². The van der Waals surface area contributed by atoms with Crippen LogP contribution in [0.15, 0.2) is 35.4 Å². The third-order valence-corrected chi connectivity index (χ3v) is 4.31. The summed E-state index contributed by atoms with van der Waals surface area (Å²) in [5, 5.41) is 14.0. The summed E-state index contributed by atoms with van der Waals surface area (Å²) in [5.41, 5.74) is 9.77. The largest absolute Gasteiger partial charge is 0.393 e. The van der Waals surface area contributed by atoms with Gasteiger partial charge in [-0.05, 0) is 62.0 Å². The zero-order valence-corrected chi connectivity index (χ0v) is 11.9. The maximum Gasteiger partial charge on any atom is 0.0568 e. The first-order chi connectivity index (χ1) is 9.79. The number of nitrogens with zero attached hydrogens (tertiary/aromatic N) is 3. The topological polar surface area (TPSA) is 69.0 Å². The van der Waals surface area contributed by atoms with Gasteiger partial charge < -0.3 is 5.11 Å². The number of rotatable bonds is 6. The van der Waals surface area contributed by atoms with Crippen LogP contribution in [-0.2, 0) is 6.42 Å². The van der Waals surface area contributed by atoms with Crippen molar-refractivity contribution in [2.75, 3.05) is 0 Å². The summed E-state index contributed by atoms with van der Waals surface area (Å²) in [5.74, 6) is 0.385. The van der Waals surface area contributed by atoms with E-state index in [1.165, 1.54) is 5.56 Å². The lowest BCUT2D eigenvalue weighted by Gasteiger charge is -2.29. The molecule has 0 aliphatic heterocycles. The molecule has 20 heavy (non-hydrogen) atoms. The molecule has 108 valence electrons. The van der Waals surface area contributed by atoms with Crippen LogP contribution in [0, 0.1) is 5.92 Å². The van der Waals surface area contributed by atoms with Gasteiger partial charge in [-0.2, -0.15) is 0 Å². The number of hydrogen-bond donors (Lipinski definition) is 1. The maximum atomic E-state index is 10.3. The van der Waals surface area contributed by atoms with Crippen LogP contribution >= 0.6 is 0 Å². The van der Waals surface area contributed by atoms with Crippen molar-refractivity contribution < 1.29 is 5.11 Å². The summed E-state index contributed by atoms with van der Waals surface area (Å²) in [6.45, 7) is 0. The van der Waals surface area contributed by atoms with Crippen molar-refractivity contribution in [3.8, 4) is 0 Å². The van der Waals surface area contributed by atoms with Gasteiger partial charge in [-0.15, -0.1) is 0 Å². The molecule has 1 aliphatic carbocycles. The predicted molar refractivity (Wildman–Crippen MR) is 80.3 cm³/mol. The van der Waals surface area contributed by atoms with Crippen LogP contribution in [-0.4, -0.2) is 17.3 Å². The third-order valence-electron chi connectivity index (χ3n) is 4.31. The zero-order chi connectivity index (χ0) is 14.2. The van der Waals surface area contributed by atoms with Gasteiger partial charge in [0.25, 0.3) is 0 Å². The molecule has 1 saturated carbocycles. The van der Waals surface area contributed by atoms with Gasteiger partial charge in [-0.1, -0.05) is 35.4 Å². The number of azide groups is 1. The lowest BCUT2D eigenvalue weighted by atomic mass is 9.81. The van der Waals surface area contributed by atoms with Gasteiger partial charge in [0, 0.05) is 11.0 Å². The molecular formula is C16H23N3O. The monoisotopic (exact) mass is 273 g/mol. The van der Waals surface area contributed by atoms with Crippen molar-refractivity contribution >= 4 is 0 Å². The Balaban J connectivity index is 1.68. The fourth-order valence-corrected chi connectivity index (χ4v) is 3.07.